The number of rotatable bonds is 4. The number of piperidine rings is 1. The standard InChI is InChI=1S/C15H25N5O/c1-11-14(16)9-13(10-18-11)19-15(21)17-6-3-12-4-7-20(2)8-5-12/h9-10,12H,3-8,16H2,1-2H3,(H2,17,19,21). The molecule has 116 valence electrons. The summed E-state index contributed by atoms with van der Waals surface area (Å²) < 4.78 is 0. The summed E-state index contributed by atoms with van der Waals surface area (Å²) in [6.07, 6.45) is 5.09. The zero-order valence-electron chi connectivity index (χ0n) is 12.9. The third-order valence-electron chi connectivity index (χ3n) is 4.06. The van der Waals surface area contributed by atoms with Crippen molar-refractivity contribution < 1.29 is 4.79 Å². The molecule has 21 heavy (non-hydrogen) atoms. The average Bonchev–Trinajstić information content (AvgIpc) is 2.45. The Balaban J connectivity index is 1.68. The van der Waals surface area contributed by atoms with Gasteiger partial charge in [-0.2, -0.15) is 0 Å². The molecule has 0 spiro atoms. The number of aryl methyl sites for hydroxylation is 1. The normalized spacial score (nSPS) is 16.7. The number of anilines is 2. The minimum Gasteiger partial charge on any atom is -0.397 e. The van der Waals surface area contributed by atoms with Crippen molar-refractivity contribution in [1.29, 1.82) is 0 Å². The molecule has 1 fully saturated rings. The van der Waals surface area contributed by atoms with Crippen LogP contribution in [0.5, 0.6) is 0 Å². The number of nitrogen functional groups attached to an aromatic ring is 1. The van der Waals surface area contributed by atoms with Gasteiger partial charge in [0, 0.05) is 6.54 Å². The molecule has 4 N–H and O–H groups in total. The molecule has 0 bridgehead atoms. The number of nitrogens with zero attached hydrogens (tertiary/aromatic N) is 2. The zero-order chi connectivity index (χ0) is 15.2. The molecule has 0 unspecified atom stereocenters. The molecular weight excluding hydrogens is 266 g/mol. The summed E-state index contributed by atoms with van der Waals surface area (Å²) >= 11 is 0. The smallest absolute Gasteiger partial charge is 0.319 e. The van der Waals surface area contributed by atoms with Crippen molar-refractivity contribution in [2.75, 3.05) is 37.7 Å². The molecule has 2 rings (SSSR count). The molecule has 6 heteroatoms. The van der Waals surface area contributed by atoms with Gasteiger partial charge in [-0.15, -0.1) is 0 Å². The van der Waals surface area contributed by atoms with Crippen LogP contribution in [0.1, 0.15) is 25.0 Å². The van der Waals surface area contributed by atoms with E-state index in [1.807, 2.05) is 6.92 Å². The fraction of sp³-hybridized carbons (Fsp3) is 0.600. The molecule has 2 amide bonds. The number of hydrogen-bond donors (Lipinski definition) is 3. The van der Waals surface area contributed by atoms with E-state index in [-0.39, 0.29) is 6.03 Å². The molecule has 1 aromatic rings. The predicted molar refractivity (Wildman–Crippen MR) is 85.2 cm³/mol. The maximum absolute atomic E-state index is 11.8. The van der Waals surface area contributed by atoms with Crippen LogP contribution in [0.4, 0.5) is 16.2 Å². The molecule has 0 radical (unpaired) electrons. The Hall–Kier alpha value is -1.82. The van der Waals surface area contributed by atoms with Crippen molar-refractivity contribution in [2.24, 2.45) is 5.92 Å². The molecule has 2 heterocycles. The van der Waals surface area contributed by atoms with Crippen LogP contribution in [0, 0.1) is 12.8 Å². The van der Waals surface area contributed by atoms with Gasteiger partial charge in [0.15, 0.2) is 0 Å². The monoisotopic (exact) mass is 291 g/mol. The lowest BCUT2D eigenvalue weighted by Gasteiger charge is -2.28. The van der Waals surface area contributed by atoms with E-state index >= 15 is 0 Å². The summed E-state index contributed by atoms with van der Waals surface area (Å²) in [5.41, 5.74) is 7.74. The Morgan fingerprint density at radius 1 is 1.48 bits per heavy atom. The van der Waals surface area contributed by atoms with Crippen molar-refractivity contribution in [2.45, 2.75) is 26.2 Å². The van der Waals surface area contributed by atoms with Gasteiger partial charge in [0.1, 0.15) is 0 Å². The minimum absolute atomic E-state index is 0.201. The molecule has 1 aromatic heterocycles. The number of amides is 2. The number of aromatic nitrogens is 1. The topological polar surface area (TPSA) is 83.3 Å². The second kappa shape index (κ2) is 7.26. The third-order valence-corrected chi connectivity index (χ3v) is 4.06. The van der Waals surface area contributed by atoms with E-state index in [9.17, 15) is 4.79 Å². The summed E-state index contributed by atoms with van der Waals surface area (Å²) in [6.45, 7) is 4.85. The van der Waals surface area contributed by atoms with Crippen LogP contribution < -0.4 is 16.4 Å². The van der Waals surface area contributed by atoms with Crippen LogP contribution in [0.3, 0.4) is 0 Å². The van der Waals surface area contributed by atoms with E-state index < -0.39 is 0 Å². The largest absolute Gasteiger partial charge is 0.397 e. The highest BCUT2D eigenvalue weighted by Crippen LogP contribution is 2.18. The quantitative estimate of drug-likeness (QED) is 0.790. The molecule has 0 saturated carbocycles. The van der Waals surface area contributed by atoms with Gasteiger partial charge in [-0.25, -0.2) is 4.79 Å². The average molecular weight is 291 g/mol. The number of hydrogen-bond acceptors (Lipinski definition) is 4. The Morgan fingerprint density at radius 3 is 2.86 bits per heavy atom. The second-order valence-corrected chi connectivity index (χ2v) is 5.81. The van der Waals surface area contributed by atoms with Crippen LogP contribution in [0.15, 0.2) is 12.3 Å². The van der Waals surface area contributed by atoms with Crippen molar-refractivity contribution in [1.82, 2.24) is 15.2 Å². The number of nitrogens with one attached hydrogen (secondary N) is 2. The Labute approximate surface area is 126 Å². The SMILES string of the molecule is Cc1ncc(NC(=O)NCCC2CCN(C)CC2)cc1N. The highest BCUT2D eigenvalue weighted by Gasteiger charge is 2.16. The van der Waals surface area contributed by atoms with Gasteiger partial charge in [-0.3, -0.25) is 4.98 Å². The van der Waals surface area contributed by atoms with E-state index in [4.69, 9.17) is 5.73 Å². The van der Waals surface area contributed by atoms with Crippen LogP contribution in [0.25, 0.3) is 0 Å². The molecule has 1 saturated heterocycles. The first-order valence-corrected chi connectivity index (χ1v) is 7.50. The number of urea groups is 1. The lowest BCUT2D eigenvalue weighted by atomic mass is 9.94. The first-order chi connectivity index (χ1) is 10.0. The van der Waals surface area contributed by atoms with E-state index in [1.165, 1.54) is 12.8 Å². The summed E-state index contributed by atoms with van der Waals surface area (Å²) in [5.74, 6) is 0.721. The van der Waals surface area contributed by atoms with Gasteiger partial charge in [0.2, 0.25) is 0 Å². The fourth-order valence-electron chi connectivity index (χ4n) is 2.53. The molecular formula is C15H25N5O. The highest BCUT2D eigenvalue weighted by molar-refractivity contribution is 5.89. The molecule has 1 aliphatic heterocycles. The zero-order valence-corrected chi connectivity index (χ0v) is 12.9. The molecule has 6 nitrogen and oxygen atoms in total. The van der Waals surface area contributed by atoms with Gasteiger partial charge in [-0.05, 0) is 58.3 Å². The van der Waals surface area contributed by atoms with Crippen molar-refractivity contribution in [3.05, 3.63) is 18.0 Å². The molecule has 0 aliphatic carbocycles. The Kier molecular flexibility index (Phi) is 5.38. The lowest BCUT2D eigenvalue weighted by molar-refractivity contribution is 0.211. The summed E-state index contributed by atoms with van der Waals surface area (Å²) in [4.78, 5) is 18.3. The van der Waals surface area contributed by atoms with Crippen LogP contribution >= 0.6 is 0 Å². The van der Waals surface area contributed by atoms with E-state index in [1.54, 1.807) is 12.3 Å². The first kappa shape index (κ1) is 15.6. The van der Waals surface area contributed by atoms with Gasteiger partial charge in [-0.1, -0.05) is 0 Å². The van der Waals surface area contributed by atoms with Crippen molar-refractivity contribution in [3.8, 4) is 0 Å². The maximum Gasteiger partial charge on any atom is 0.319 e. The van der Waals surface area contributed by atoms with E-state index in [0.29, 0.717) is 17.9 Å². The summed E-state index contributed by atoms with van der Waals surface area (Å²) in [7, 11) is 2.16. The van der Waals surface area contributed by atoms with Crippen molar-refractivity contribution >= 4 is 17.4 Å². The number of carbonyl (C=O) groups excluding carboxylic acids is 1. The van der Waals surface area contributed by atoms with Gasteiger partial charge in [0.25, 0.3) is 0 Å². The molecule has 1 aliphatic rings. The number of pyridine rings is 1. The third kappa shape index (κ3) is 4.90. The first-order valence-electron chi connectivity index (χ1n) is 7.50. The van der Waals surface area contributed by atoms with E-state index in [2.05, 4.69) is 27.6 Å². The minimum atomic E-state index is -0.201. The lowest BCUT2D eigenvalue weighted by Crippen LogP contribution is -2.34. The van der Waals surface area contributed by atoms with Crippen molar-refractivity contribution in [3.63, 3.8) is 0 Å². The summed E-state index contributed by atoms with van der Waals surface area (Å²) in [5, 5.41) is 5.65. The van der Waals surface area contributed by atoms with Crippen LogP contribution in [-0.2, 0) is 0 Å². The maximum atomic E-state index is 11.8. The van der Waals surface area contributed by atoms with Gasteiger partial charge in [0.05, 0.1) is 23.3 Å². The molecule has 0 aromatic carbocycles. The molecule has 0 atom stereocenters. The Bertz CT molecular complexity index is 483. The van der Waals surface area contributed by atoms with Crippen LogP contribution in [0.2, 0.25) is 0 Å². The van der Waals surface area contributed by atoms with Gasteiger partial charge < -0.3 is 21.3 Å². The van der Waals surface area contributed by atoms with Crippen LogP contribution in [-0.4, -0.2) is 42.6 Å². The number of carbonyl (C=O) groups is 1. The number of nitrogens with two attached hydrogens (primary N) is 1. The second-order valence-electron chi connectivity index (χ2n) is 5.81. The summed E-state index contributed by atoms with van der Waals surface area (Å²) in [6, 6.07) is 1.52. The van der Waals surface area contributed by atoms with Gasteiger partial charge >= 0.3 is 6.03 Å². The predicted octanol–water partition coefficient (Wildman–Crippen LogP) is 1.83. The number of likely N-dealkylation sites (tertiary alicyclic amines) is 1. The highest BCUT2D eigenvalue weighted by atomic mass is 16.2. The Morgan fingerprint density at radius 2 is 2.19 bits per heavy atom. The fourth-order valence-corrected chi connectivity index (χ4v) is 2.53. The van der Waals surface area contributed by atoms with E-state index in [0.717, 1.165) is 31.1 Å².